The fraction of sp³-hybridized carbons (Fsp3) is 0.517. The monoisotopic (exact) mass is 535 g/mol. The number of aromatic nitrogens is 3. The molecule has 37 heavy (non-hydrogen) atoms. The van der Waals surface area contributed by atoms with Crippen LogP contribution in [0.15, 0.2) is 29.4 Å². The standard InChI is InChI=1S/C29H37N5OS2/c1-7-29(5,6)21-13-14-22-23(16-30)27(37-24(22)15-21)31-25(35)17-36-28-33-32-26(34(28)8-2)20-11-9-19(10-12-20)18(3)4/h9-12,18,21H,7-8,13-15,17H2,1-6H3,(H,31,35). The number of benzene rings is 1. The van der Waals surface area contributed by atoms with E-state index in [1.54, 1.807) is 11.3 Å². The largest absolute Gasteiger partial charge is 0.316 e. The van der Waals surface area contributed by atoms with E-state index in [0.717, 1.165) is 47.8 Å². The van der Waals surface area contributed by atoms with Crippen LogP contribution in [0.4, 0.5) is 5.00 Å². The number of nitrogens with zero attached hydrogens (tertiary/aromatic N) is 4. The second-order valence-electron chi connectivity index (χ2n) is 10.8. The first kappa shape index (κ1) is 27.4. The quantitative estimate of drug-likeness (QED) is 0.291. The predicted octanol–water partition coefficient (Wildman–Crippen LogP) is 7.29. The Morgan fingerprint density at radius 2 is 2.00 bits per heavy atom. The van der Waals surface area contributed by atoms with Crippen LogP contribution in [0.5, 0.6) is 0 Å². The van der Waals surface area contributed by atoms with E-state index in [-0.39, 0.29) is 17.1 Å². The number of hydrogen-bond donors (Lipinski definition) is 1. The smallest absolute Gasteiger partial charge is 0.235 e. The van der Waals surface area contributed by atoms with Gasteiger partial charge in [0.1, 0.15) is 11.1 Å². The molecule has 0 aliphatic heterocycles. The van der Waals surface area contributed by atoms with E-state index >= 15 is 0 Å². The lowest BCUT2D eigenvalue weighted by Crippen LogP contribution is -2.28. The molecule has 1 unspecified atom stereocenters. The molecule has 1 aliphatic rings. The van der Waals surface area contributed by atoms with Gasteiger partial charge in [-0.15, -0.1) is 21.5 Å². The van der Waals surface area contributed by atoms with Crippen LogP contribution in [-0.4, -0.2) is 26.4 Å². The summed E-state index contributed by atoms with van der Waals surface area (Å²) in [5.41, 5.74) is 4.36. The van der Waals surface area contributed by atoms with Crippen molar-refractivity contribution in [3.8, 4) is 17.5 Å². The van der Waals surface area contributed by atoms with Crippen molar-refractivity contribution in [2.24, 2.45) is 11.3 Å². The second-order valence-corrected chi connectivity index (χ2v) is 12.8. The number of fused-ring (bicyclic) bond motifs is 1. The molecule has 0 bridgehead atoms. The third-order valence-electron chi connectivity index (χ3n) is 7.85. The maximum atomic E-state index is 12.9. The molecule has 2 aromatic heterocycles. The van der Waals surface area contributed by atoms with Crippen LogP contribution in [0.3, 0.4) is 0 Å². The molecule has 1 aromatic carbocycles. The topological polar surface area (TPSA) is 83.6 Å². The molecule has 1 amide bonds. The molecule has 0 radical (unpaired) electrons. The van der Waals surface area contributed by atoms with Crippen LogP contribution in [0.2, 0.25) is 0 Å². The van der Waals surface area contributed by atoms with Crippen molar-refractivity contribution in [1.82, 2.24) is 14.8 Å². The van der Waals surface area contributed by atoms with Gasteiger partial charge in [-0.2, -0.15) is 5.26 Å². The maximum absolute atomic E-state index is 12.9. The summed E-state index contributed by atoms with van der Waals surface area (Å²) >= 11 is 2.96. The zero-order chi connectivity index (χ0) is 26.7. The van der Waals surface area contributed by atoms with E-state index in [4.69, 9.17) is 0 Å². The Balaban J connectivity index is 1.44. The van der Waals surface area contributed by atoms with E-state index in [0.29, 0.717) is 28.9 Å². The van der Waals surface area contributed by atoms with Crippen molar-refractivity contribution in [2.75, 3.05) is 11.1 Å². The highest BCUT2D eigenvalue weighted by atomic mass is 32.2. The van der Waals surface area contributed by atoms with E-state index in [1.807, 2.05) is 4.57 Å². The number of carbonyl (C=O) groups excluding carboxylic acids is 1. The third-order valence-corrected chi connectivity index (χ3v) is 9.98. The lowest BCUT2D eigenvalue weighted by Gasteiger charge is -2.36. The van der Waals surface area contributed by atoms with Gasteiger partial charge in [0, 0.05) is 17.0 Å². The fourth-order valence-corrected chi connectivity index (χ4v) is 7.05. The van der Waals surface area contributed by atoms with Crippen molar-refractivity contribution in [3.05, 3.63) is 45.8 Å². The average Bonchev–Trinajstić information content (AvgIpc) is 3.47. The predicted molar refractivity (Wildman–Crippen MR) is 153 cm³/mol. The number of anilines is 1. The van der Waals surface area contributed by atoms with Crippen molar-refractivity contribution in [1.29, 1.82) is 5.26 Å². The van der Waals surface area contributed by atoms with Gasteiger partial charge in [0.15, 0.2) is 11.0 Å². The number of nitrogens with one attached hydrogen (secondary N) is 1. The molecule has 1 N–H and O–H groups in total. The van der Waals surface area contributed by atoms with Crippen molar-refractivity contribution >= 4 is 34.0 Å². The maximum Gasteiger partial charge on any atom is 0.235 e. The molecule has 6 nitrogen and oxygen atoms in total. The molecule has 0 fully saturated rings. The van der Waals surface area contributed by atoms with Crippen LogP contribution in [0.1, 0.15) is 81.9 Å². The van der Waals surface area contributed by atoms with E-state index < -0.39 is 0 Å². The summed E-state index contributed by atoms with van der Waals surface area (Å²) < 4.78 is 2.04. The van der Waals surface area contributed by atoms with Gasteiger partial charge < -0.3 is 9.88 Å². The Morgan fingerprint density at radius 3 is 2.62 bits per heavy atom. The number of nitriles is 1. The number of carbonyl (C=O) groups is 1. The van der Waals surface area contributed by atoms with Gasteiger partial charge in [-0.25, -0.2) is 0 Å². The number of thioether (sulfide) groups is 1. The lowest BCUT2D eigenvalue weighted by atomic mass is 9.69. The molecule has 4 rings (SSSR count). The molecule has 1 atom stereocenters. The highest BCUT2D eigenvalue weighted by Crippen LogP contribution is 2.45. The van der Waals surface area contributed by atoms with Crippen LogP contribution in [0.25, 0.3) is 11.4 Å². The summed E-state index contributed by atoms with van der Waals surface area (Å²) in [7, 11) is 0. The summed E-state index contributed by atoms with van der Waals surface area (Å²) in [5.74, 6) is 1.97. The lowest BCUT2D eigenvalue weighted by molar-refractivity contribution is -0.113. The molecule has 0 spiro atoms. The molecule has 196 valence electrons. The zero-order valence-corrected chi connectivity index (χ0v) is 24.4. The van der Waals surface area contributed by atoms with Gasteiger partial charge >= 0.3 is 0 Å². The molecular weight excluding hydrogens is 498 g/mol. The summed E-state index contributed by atoms with van der Waals surface area (Å²) in [6.45, 7) is 14.0. The third kappa shape index (κ3) is 5.78. The zero-order valence-electron chi connectivity index (χ0n) is 22.7. The normalized spacial score (nSPS) is 15.5. The molecule has 2 heterocycles. The summed E-state index contributed by atoms with van der Waals surface area (Å²) in [5, 5.41) is 23.1. The van der Waals surface area contributed by atoms with E-state index in [9.17, 15) is 10.1 Å². The van der Waals surface area contributed by atoms with Crippen LogP contribution >= 0.6 is 23.1 Å². The first-order chi connectivity index (χ1) is 17.7. The van der Waals surface area contributed by atoms with Gasteiger partial charge in [0.2, 0.25) is 5.91 Å². The van der Waals surface area contributed by atoms with Crippen molar-refractivity contribution in [3.63, 3.8) is 0 Å². The Labute approximate surface area is 228 Å². The van der Waals surface area contributed by atoms with E-state index in [1.165, 1.54) is 22.2 Å². The number of amides is 1. The Bertz CT molecular complexity index is 1300. The highest BCUT2D eigenvalue weighted by Gasteiger charge is 2.34. The van der Waals surface area contributed by atoms with Gasteiger partial charge in [-0.3, -0.25) is 4.79 Å². The van der Waals surface area contributed by atoms with Gasteiger partial charge in [-0.05, 0) is 54.6 Å². The first-order valence-corrected chi connectivity index (χ1v) is 15.0. The highest BCUT2D eigenvalue weighted by molar-refractivity contribution is 7.99. The molecule has 0 saturated heterocycles. The molecule has 3 aromatic rings. The summed E-state index contributed by atoms with van der Waals surface area (Å²) in [6, 6.07) is 10.8. The van der Waals surface area contributed by atoms with Crippen molar-refractivity contribution < 1.29 is 4.79 Å². The molecular formula is C29H37N5OS2. The minimum atomic E-state index is -0.126. The number of thiophene rings is 1. The summed E-state index contributed by atoms with van der Waals surface area (Å²) in [4.78, 5) is 14.2. The fourth-order valence-electron chi connectivity index (χ4n) is 4.95. The minimum Gasteiger partial charge on any atom is -0.316 e. The summed E-state index contributed by atoms with van der Waals surface area (Å²) in [6.07, 6.45) is 4.13. The molecule has 0 saturated carbocycles. The van der Waals surface area contributed by atoms with Crippen LogP contribution < -0.4 is 5.32 Å². The average molecular weight is 536 g/mol. The first-order valence-electron chi connectivity index (χ1n) is 13.2. The number of hydrogen-bond acceptors (Lipinski definition) is 6. The molecule has 1 aliphatic carbocycles. The van der Waals surface area contributed by atoms with Crippen LogP contribution in [-0.2, 0) is 24.2 Å². The van der Waals surface area contributed by atoms with Crippen molar-refractivity contribution in [2.45, 2.75) is 84.8 Å². The molecule has 8 heteroatoms. The van der Waals surface area contributed by atoms with Crippen LogP contribution in [0, 0.1) is 22.7 Å². The SMILES string of the molecule is CCn1c(SCC(=O)Nc2sc3c(c2C#N)CCC(C(C)(C)CC)C3)nnc1-c1ccc(C(C)C)cc1. The van der Waals surface area contributed by atoms with Gasteiger partial charge in [-0.1, -0.05) is 77.1 Å². The van der Waals surface area contributed by atoms with Gasteiger partial charge in [0.25, 0.3) is 0 Å². The Hall–Kier alpha value is -2.63. The number of rotatable bonds is 9. The minimum absolute atomic E-state index is 0.126. The van der Waals surface area contributed by atoms with E-state index in [2.05, 4.69) is 87.4 Å². The Kier molecular flexibility index (Phi) is 8.45. The Morgan fingerprint density at radius 1 is 1.27 bits per heavy atom. The van der Waals surface area contributed by atoms with Gasteiger partial charge in [0.05, 0.1) is 11.3 Å². The second kappa shape index (κ2) is 11.4.